The zero-order valence-corrected chi connectivity index (χ0v) is 33.8. The monoisotopic (exact) mass is 835 g/mol. The molecule has 2 atom stereocenters. The Morgan fingerprint density at radius 1 is 0.712 bits per heavy atom. The van der Waals surface area contributed by atoms with Crippen LogP contribution in [0.5, 0.6) is 0 Å². The van der Waals surface area contributed by atoms with E-state index in [2.05, 4.69) is 53.2 Å². The van der Waals surface area contributed by atoms with Crippen molar-refractivity contribution in [3.8, 4) is 46.3 Å². The maximum Gasteiger partial charge on any atom is 1.00 e. The number of ether oxygens (including phenoxy) is 1. The van der Waals surface area contributed by atoms with Gasteiger partial charge in [-0.05, 0) is 40.0 Å². The molecule has 0 aliphatic carbocycles. The van der Waals surface area contributed by atoms with E-state index in [1.807, 2.05) is 20.8 Å². The second-order valence-corrected chi connectivity index (χ2v) is 13.7. The van der Waals surface area contributed by atoms with Crippen LogP contribution in [0.3, 0.4) is 0 Å². The topological polar surface area (TPSA) is 319 Å². The average Bonchev–Trinajstić information content (AvgIpc) is 4.00. The Bertz CT molecular complexity index is 2250. The van der Waals surface area contributed by atoms with Gasteiger partial charge in [0, 0.05) is 13.0 Å². The molecule has 6 rings (SSSR count). The number of amides is 2. The van der Waals surface area contributed by atoms with Crippen molar-refractivity contribution in [2.24, 2.45) is 0 Å². The van der Waals surface area contributed by atoms with Crippen LogP contribution >= 0.6 is 0 Å². The van der Waals surface area contributed by atoms with E-state index in [0.717, 1.165) is 38.4 Å². The molecular formula is C36H43ClLiN9O12. The Kier molecular flexibility index (Phi) is 17.2. The fraction of sp³-hybridized carbons (Fsp3) is 0.417. The van der Waals surface area contributed by atoms with E-state index in [1.54, 1.807) is 0 Å². The number of rotatable bonds is 18. The van der Waals surface area contributed by atoms with Crippen molar-refractivity contribution in [3.05, 3.63) is 60.7 Å². The van der Waals surface area contributed by atoms with E-state index >= 15 is 0 Å². The number of carboxylic acids is 1. The summed E-state index contributed by atoms with van der Waals surface area (Å²) in [6.07, 6.45) is 12.4. The van der Waals surface area contributed by atoms with Crippen LogP contribution in [0.1, 0.15) is 117 Å². The van der Waals surface area contributed by atoms with Crippen LogP contribution in [0.25, 0.3) is 46.3 Å². The quantitative estimate of drug-likeness (QED) is 0.0645. The fourth-order valence-electron chi connectivity index (χ4n) is 5.32. The number of aromatic carboxylic acids is 1. The molecule has 0 aromatic carbocycles. The van der Waals surface area contributed by atoms with Crippen LogP contribution in [0, 0.1) is 0 Å². The van der Waals surface area contributed by atoms with Gasteiger partial charge in [0.1, 0.15) is 49.2 Å². The minimum absolute atomic E-state index is 0. The third kappa shape index (κ3) is 12.6. The van der Waals surface area contributed by atoms with E-state index < -0.39 is 29.6 Å². The van der Waals surface area contributed by atoms with Crippen LogP contribution in [0.4, 0.5) is 4.79 Å². The van der Waals surface area contributed by atoms with Crippen LogP contribution < -0.4 is 47.6 Å². The molecule has 0 radical (unpaired) electrons. The first kappa shape index (κ1) is 47.7. The molecule has 6 aromatic heterocycles. The second-order valence-electron chi connectivity index (χ2n) is 13.7. The number of quaternary nitrogens is 1. The molecule has 0 aliphatic heterocycles. The molecule has 2 amide bonds. The molecule has 0 bridgehead atoms. The molecule has 59 heavy (non-hydrogen) atoms. The Labute approximate surface area is 354 Å². The molecule has 7 N–H and O–H groups in total. The average molecular weight is 836 g/mol. The molecule has 312 valence electrons. The van der Waals surface area contributed by atoms with Crippen molar-refractivity contribution < 1.29 is 93.2 Å². The summed E-state index contributed by atoms with van der Waals surface area (Å²) in [7, 11) is 0. The zero-order valence-electron chi connectivity index (χ0n) is 33.0. The van der Waals surface area contributed by atoms with Gasteiger partial charge in [-0.25, -0.2) is 39.5 Å². The third-order valence-electron chi connectivity index (χ3n) is 8.09. The molecule has 0 aliphatic rings. The molecule has 0 spiro atoms. The summed E-state index contributed by atoms with van der Waals surface area (Å²) in [5, 5.41) is 14.8. The van der Waals surface area contributed by atoms with E-state index in [1.165, 1.54) is 31.3 Å². The smallest absolute Gasteiger partial charge is 1.00 e. The number of hydrogen-bond acceptors (Lipinski definition) is 17. The van der Waals surface area contributed by atoms with Crippen molar-refractivity contribution in [1.29, 1.82) is 0 Å². The number of carbonyl (C=O) groups excluding carboxylic acids is 2. The van der Waals surface area contributed by atoms with Gasteiger partial charge in [0.25, 0.3) is 11.8 Å². The summed E-state index contributed by atoms with van der Waals surface area (Å²) in [6, 6.07) is -0.871. The summed E-state index contributed by atoms with van der Waals surface area (Å²) in [5.41, 5.74) is 4.30. The Balaban J connectivity index is 0.00000310. The van der Waals surface area contributed by atoms with Crippen molar-refractivity contribution in [1.82, 2.24) is 40.5 Å². The van der Waals surface area contributed by atoms with Gasteiger partial charge < -0.3 is 70.6 Å². The summed E-state index contributed by atoms with van der Waals surface area (Å²) in [6.45, 7) is 7.97. The molecule has 23 heteroatoms. The number of alkyl carbamates (subject to hydrolysis) is 1. The predicted molar refractivity (Wildman–Crippen MR) is 192 cm³/mol. The first-order valence-corrected chi connectivity index (χ1v) is 17.9. The van der Waals surface area contributed by atoms with E-state index in [-0.39, 0.29) is 101 Å². The van der Waals surface area contributed by atoms with Gasteiger partial charge >= 0.3 is 30.9 Å². The molecule has 0 fully saturated rings. The summed E-state index contributed by atoms with van der Waals surface area (Å²) in [4.78, 5) is 62.2. The van der Waals surface area contributed by atoms with Gasteiger partial charge in [-0.15, -0.1) is 0 Å². The Morgan fingerprint density at radius 2 is 1.20 bits per heavy atom. The number of nitrogens with zero attached hydrogens (tertiary/aromatic N) is 6. The van der Waals surface area contributed by atoms with Crippen LogP contribution in [0.2, 0.25) is 0 Å². The first-order valence-electron chi connectivity index (χ1n) is 17.9. The van der Waals surface area contributed by atoms with E-state index in [4.69, 9.17) is 36.3 Å². The van der Waals surface area contributed by atoms with E-state index in [9.17, 15) is 14.4 Å². The number of oxazole rings is 6. The van der Waals surface area contributed by atoms with Gasteiger partial charge in [0.05, 0.1) is 0 Å². The minimum Gasteiger partial charge on any atom is -1.00 e. The second kappa shape index (κ2) is 21.3. The predicted octanol–water partition coefficient (Wildman–Crippen LogP) is -0.159. The summed E-state index contributed by atoms with van der Waals surface area (Å²) in [5.74, 6) is -0.911. The molecule has 6 aromatic rings. The van der Waals surface area contributed by atoms with Crippen LogP contribution in [0.15, 0.2) is 64.1 Å². The normalized spacial score (nSPS) is 12.1. The van der Waals surface area contributed by atoms with Crippen molar-refractivity contribution >= 4 is 18.0 Å². The maximum atomic E-state index is 13.4. The van der Waals surface area contributed by atoms with E-state index in [0.29, 0.717) is 31.0 Å². The summed E-state index contributed by atoms with van der Waals surface area (Å²) >= 11 is 0. The fourth-order valence-corrected chi connectivity index (χ4v) is 5.32. The van der Waals surface area contributed by atoms with Gasteiger partial charge in [-0.2, -0.15) is 0 Å². The number of nitrogens with one attached hydrogen (secondary N) is 2. The number of carbonyl (C=O) groups is 3. The molecule has 2 unspecified atom stereocenters. The summed E-state index contributed by atoms with van der Waals surface area (Å²) < 4.78 is 38.5. The Hall–Kier alpha value is -5.72. The van der Waals surface area contributed by atoms with Crippen LogP contribution in [-0.4, -0.2) is 70.6 Å². The van der Waals surface area contributed by atoms with Crippen LogP contribution in [-0.2, 0) is 4.74 Å². The Morgan fingerprint density at radius 3 is 1.78 bits per heavy atom. The number of halogens is 1. The van der Waals surface area contributed by atoms with Crippen molar-refractivity contribution in [2.45, 2.75) is 90.3 Å². The van der Waals surface area contributed by atoms with Gasteiger partial charge in [-0.1, -0.05) is 26.2 Å². The maximum absolute atomic E-state index is 13.4. The molecule has 21 nitrogen and oxygen atoms in total. The van der Waals surface area contributed by atoms with Gasteiger partial charge in [0.15, 0.2) is 40.2 Å². The molecular weight excluding hydrogens is 793 g/mol. The first-order chi connectivity index (χ1) is 26.9. The number of unbranched alkanes of at least 4 members (excludes halogenated alkanes) is 3. The molecule has 0 saturated heterocycles. The zero-order chi connectivity index (χ0) is 39.8. The number of carboxylic acid groups (broad SMARTS) is 1. The standard InChI is InChI=1S/C36H41N9O11.ClH.Li.H2O/c1-5-6-7-11-20(29-42-24(15-52-29)32-44-25(17-54-32)33-45-26(18-55-33)34(47)48)39-27(46)21-13-51-30(40-21)23-16-53-31(43-23)22-14-50-28(41-22)19(37)10-8-9-12-38-35(49)56-36(2,3)4;;;/h13-20H,5-12,37H2,1-4H3,(H,38,49)(H,39,46)(H,47,48);1H;;1H2/q;;+1;/p-1. The third-order valence-corrected chi connectivity index (χ3v) is 8.09. The minimum atomic E-state index is -1.24. The van der Waals surface area contributed by atoms with Gasteiger partial charge in [0.2, 0.25) is 29.5 Å². The van der Waals surface area contributed by atoms with Crippen molar-refractivity contribution in [3.63, 3.8) is 0 Å². The number of aromatic nitrogens is 6. The molecule has 6 heterocycles. The SMILES string of the molecule is CCCCCC(NC(=O)c1coc(-c2coc(-c3coc(C([NH3+])CCCCNC(=O)OC(C)(C)C)n3)n2)n1)c1nc(-c2nc(-c3nc(C(=O)O)co3)co2)co1.[Cl-].[Li+].[OH-]. The van der Waals surface area contributed by atoms with Crippen molar-refractivity contribution in [2.75, 3.05) is 6.54 Å². The number of hydrogen-bond donors (Lipinski definition) is 4. The van der Waals surface area contributed by atoms with Gasteiger partial charge in [-0.3, -0.25) is 4.79 Å². The largest absolute Gasteiger partial charge is 1.00 e. The molecule has 0 saturated carbocycles.